The summed E-state index contributed by atoms with van der Waals surface area (Å²) >= 11 is 3.20. The van der Waals surface area contributed by atoms with Gasteiger partial charge in [0.15, 0.2) is 6.61 Å². The maximum Gasteiger partial charge on any atom is 0.262 e. The molecule has 32 heavy (non-hydrogen) atoms. The Morgan fingerprint density at radius 2 is 1.94 bits per heavy atom. The largest absolute Gasteiger partial charge is 0.483 e. The van der Waals surface area contributed by atoms with Crippen LogP contribution in [0.5, 0.6) is 5.75 Å². The number of anilines is 1. The van der Waals surface area contributed by atoms with Crippen molar-refractivity contribution in [1.29, 1.82) is 0 Å². The van der Waals surface area contributed by atoms with Gasteiger partial charge in [-0.1, -0.05) is 0 Å². The summed E-state index contributed by atoms with van der Waals surface area (Å²) in [5.74, 6) is 0.337. The number of carbonyl (C=O) groups excluding carboxylic acids is 1. The van der Waals surface area contributed by atoms with Crippen LogP contribution in [-0.4, -0.2) is 43.3 Å². The van der Waals surface area contributed by atoms with Crippen molar-refractivity contribution in [3.63, 3.8) is 0 Å². The summed E-state index contributed by atoms with van der Waals surface area (Å²) in [6.45, 7) is 2.94. The van der Waals surface area contributed by atoms with Gasteiger partial charge in [-0.15, -0.1) is 22.7 Å². The molecular weight excluding hydrogens is 466 g/mol. The third-order valence-corrected chi connectivity index (χ3v) is 9.12. The zero-order valence-corrected chi connectivity index (χ0v) is 19.8. The highest BCUT2D eigenvalue weighted by molar-refractivity contribution is 7.89. The number of amides is 1. The van der Waals surface area contributed by atoms with Gasteiger partial charge >= 0.3 is 0 Å². The van der Waals surface area contributed by atoms with Gasteiger partial charge in [-0.3, -0.25) is 4.79 Å². The topological polar surface area (TPSA) is 88.6 Å². The Kier molecular flexibility index (Phi) is 5.62. The van der Waals surface area contributed by atoms with Gasteiger partial charge in [-0.2, -0.15) is 4.31 Å². The minimum absolute atomic E-state index is 0.151. The van der Waals surface area contributed by atoms with Gasteiger partial charge in [0.25, 0.3) is 5.91 Å². The molecule has 0 saturated carbocycles. The van der Waals surface area contributed by atoms with Crippen LogP contribution in [0.1, 0.15) is 17.8 Å². The van der Waals surface area contributed by atoms with Crippen molar-refractivity contribution in [2.75, 3.05) is 25.0 Å². The van der Waals surface area contributed by atoms with E-state index in [1.165, 1.54) is 16.4 Å². The Labute approximate surface area is 193 Å². The summed E-state index contributed by atoms with van der Waals surface area (Å²) < 4.78 is 34.7. The Morgan fingerprint density at radius 1 is 1.19 bits per heavy atom. The first kappa shape index (κ1) is 21.3. The number of fused-ring (bicyclic) bond motifs is 3. The van der Waals surface area contributed by atoms with Gasteiger partial charge < -0.3 is 10.1 Å². The second-order valence-corrected chi connectivity index (χ2v) is 11.7. The number of hydrogen-bond acceptors (Lipinski definition) is 7. The molecule has 3 heterocycles. The summed E-state index contributed by atoms with van der Waals surface area (Å²) in [6.07, 6.45) is 1.78. The third kappa shape index (κ3) is 3.99. The monoisotopic (exact) mass is 487 g/mol. The van der Waals surface area contributed by atoms with Crippen LogP contribution in [0.25, 0.3) is 20.3 Å². The lowest BCUT2D eigenvalue weighted by Gasteiger charge is -2.15. The molecule has 1 saturated heterocycles. The van der Waals surface area contributed by atoms with Crippen LogP contribution in [0, 0.1) is 6.92 Å². The van der Waals surface area contributed by atoms with Crippen molar-refractivity contribution >= 4 is 64.6 Å². The first-order chi connectivity index (χ1) is 15.4. The molecule has 0 unspecified atom stereocenters. The van der Waals surface area contributed by atoms with E-state index in [0.717, 1.165) is 38.2 Å². The van der Waals surface area contributed by atoms with Crippen LogP contribution >= 0.6 is 22.7 Å². The molecule has 4 aromatic rings. The van der Waals surface area contributed by atoms with Crippen molar-refractivity contribution in [2.24, 2.45) is 0 Å². The van der Waals surface area contributed by atoms with Crippen molar-refractivity contribution in [3.05, 3.63) is 46.8 Å². The molecule has 10 heteroatoms. The van der Waals surface area contributed by atoms with Crippen LogP contribution in [-0.2, 0) is 14.8 Å². The maximum absolute atomic E-state index is 12.6. The number of nitrogens with one attached hydrogen (secondary N) is 1. The number of benzene rings is 2. The van der Waals surface area contributed by atoms with Gasteiger partial charge in [-0.25, -0.2) is 13.4 Å². The molecule has 1 fully saturated rings. The van der Waals surface area contributed by atoms with Gasteiger partial charge in [-0.05, 0) is 55.5 Å². The van der Waals surface area contributed by atoms with E-state index in [9.17, 15) is 13.2 Å². The fraction of sp³-hybridized carbons (Fsp3) is 0.273. The van der Waals surface area contributed by atoms with Crippen LogP contribution in [0.4, 0.5) is 5.69 Å². The third-order valence-electron chi connectivity index (χ3n) is 5.37. The van der Waals surface area contributed by atoms with Crippen molar-refractivity contribution in [1.82, 2.24) is 9.29 Å². The second-order valence-electron chi connectivity index (χ2n) is 7.59. The van der Waals surface area contributed by atoms with Gasteiger partial charge in [0.1, 0.15) is 5.75 Å². The molecule has 7 nitrogen and oxygen atoms in total. The summed E-state index contributed by atoms with van der Waals surface area (Å²) in [4.78, 5) is 17.3. The second kappa shape index (κ2) is 8.43. The van der Waals surface area contributed by atoms with E-state index < -0.39 is 10.0 Å². The number of aromatic nitrogens is 1. The Morgan fingerprint density at radius 3 is 2.69 bits per heavy atom. The van der Waals surface area contributed by atoms with E-state index in [0.29, 0.717) is 24.5 Å². The smallest absolute Gasteiger partial charge is 0.262 e. The number of thiophene rings is 1. The normalized spacial score (nSPS) is 14.9. The minimum atomic E-state index is -3.47. The zero-order chi connectivity index (χ0) is 22.3. The fourth-order valence-corrected chi connectivity index (χ4v) is 7.18. The number of aryl methyl sites for hydroxylation is 1. The molecule has 0 radical (unpaired) electrons. The molecule has 0 aliphatic carbocycles. The highest BCUT2D eigenvalue weighted by Gasteiger charge is 2.27. The average molecular weight is 488 g/mol. The predicted molar refractivity (Wildman–Crippen MR) is 128 cm³/mol. The summed E-state index contributed by atoms with van der Waals surface area (Å²) in [5.41, 5.74) is 1.49. The lowest BCUT2D eigenvalue weighted by Crippen LogP contribution is -2.27. The van der Waals surface area contributed by atoms with E-state index in [2.05, 4.69) is 10.3 Å². The van der Waals surface area contributed by atoms with Crippen LogP contribution in [0.2, 0.25) is 0 Å². The first-order valence-electron chi connectivity index (χ1n) is 10.2. The highest BCUT2D eigenvalue weighted by Crippen LogP contribution is 2.38. The maximum atomic E-state index is 12.6. The van der Waals surface area contributed by atoms with Gasteiger partial charge in [0.05, 0.1) is 24.8 Å². The van der Waals surface area contributed by atoms with Crippen LogP contribution in [0.3, 0.4) is 0 Å². The lowest BCUT2D eigenvalue weighted by atomic mass is 10.2. The molecule has 0 spiro atoms. The van der Waals surface area contributed by atoms with Crippen LogP contribution < -0.4 is 10.1 Å². The number of sulfonamides is 1. The molecule has 1 N–H and O–H groups in total. The zero-order valence-electron chi connectivity index (χ0n) is 17.3. The number of nitrogens with zero attached hydrogens (tertiary/aromatic N) is 2. The molecule has 0 bridgehead atoms. The number of ether oxygens (including phenoxy) is 1. The van der Waals surface area contributed by atoms with E-state index in [4.69, 9.17) is 4.74 Å². The number of rotatable bonds is 6. The molecule has 2 aromatic carbocycles. The molecule has 0 atom stereocenters. The number of thiazole rings is 1. The molecule has 1 aliphatic heterocycles. The molecule has 1 amide bonds. The highest BCUT2D eigenvalue weighted by atomic mass is 32.2. The summed E-state index contributed by atoms with van der Waals surface area (Å²) in [6, 6.07) is 10.2. The minimum Gasteiger partial charge on any atom is -0.483 e. The predicted octanol–water partition coefficient (Wildman–Crippen LogP) is 4.62. The fourth-order valence-electron chi connectivity index (χ4n) is 3.83. The van der Waals surface area contributed by atoms with E-state index in [-0.39, 0.29) is 17.4 Å². The Bertz CT molecular complexity index is 1400. The Hall–Kier alpha value is -2.53. The number of hydrogen-bond donors (Lipinski definition) is 1. The van der Waals surface area contributed by atoms with E-state index >= 15 is 0 Å². The lowest BCUT2D eigenvalue weighted by molar-refractivity contribution is -0.118. The summed E-state index contributed by atoms with van der Waals surface area (Å²) in [5, 5.41) is 6.68. The SMILES string of the molecule is Cc1nc2c(cc(OCC(=O)Nc3ccc(S(=O)(=O)N4CCCC4)cc3)c3ccsc32)s1. The van der Waals surface area contributed by atoms with E-state index in [1.807, 2.05) is 24.4 Å². The van der Waals surface area contributed by atoms with Crippen LogP contribution in [0.15, 0.2) is 46.7 Å². The molecule has 2 aromatic heterocycles. The molecule has 166 valence electrons. The molecular formula is C22H21N3O4S3. The first-order valence-corrected chi connectivity index (χ1v) is 13.4. The molecule has 5 rings (SSSR count). The van der Waals surface area contributed by atoms with Gasteiger partial charge in [0.2, 0.25) is 10.0 Å². The standard InChI is InChI=1S/C22H21N3O4S3/c1-14-23-21-19(31-14)12-18(17-8-11-30-22(17)21)29-13-20(26)24-15-4-6-16(7-5-15)32(27,28)25-9-2-3-10-25/h4-8,11-12H,2-3,9-10,13H2,1H3,(H,24,26). The van der Waals surface area contributed by atoms with Crippen molar-refractivity contribution in [2.45, 2.75) is 24.7 Å². The van der Waals surface area contributed by atoms with E-state index in [1.54, 1.807) is 34.8 Å². The van der Waals surface area contributed by atoms with Gasteiger partial charge in [0, 0.05) is 30.2 Å². The quantitative estimate of drug-likeness (QED) is 0.429. The summed E-state index contributed by atoms with van der Waals surface area (Å²) in [7, 11) is -3.47. The average Bonchev–Trinajstić information content (AvgIpc) is 3.52. The Balaban J connectivity index is 1.27. The number of carbonyl (C=O) groups is 1. The van der Waals surface area contributed by atoms with Crippen molar-refractivity contribution in [3.8, 4) is 5.75 Å². The van der Waals surface area contributed by atoms with Crippen molar-refractivity contribution < 1.29 is 17.9 Å². The molecule has 1 aliphatic rings.